The summed E-state index contributed by atoms with van der Waals surface area (Å²) in [5, 5.41) is 3.13. The minimum Gasteiger partial charge on any atom is -0.447 e. The molecule has 0 amide bonds. The summed E-state index contributed by atoms with van der Waals surface area (Å²) in [6.45, 7) is 7.04. The second-order valence-electron chi connectivity index (χ2n) is 4.93. The molecule has 0 saturated heterocycles. The van der Waals surface area contributed by atoms with Crippen LogP contribution in [0.4, 0.5) is 0 Å². The molecular weight excluding hydrogens is 280 g/mol. The highest BCUT2D eigenvalue weighted by Crippen LogP contribution is 2.13. The van der Waals surface area contributed by atoms with Crippen LogP contribution in [0.5, 0.6) is 0 Å². The third kappa shape index (κ3) is 6.04. The molecule has 0 atom stereocenters. The zero-order chi connectivity index (χ0) is 15.0. The summed E-state index contributed by atoms with van der Waals surface area (Å²) in [6.07, 6.45) is 0.912. The second-order valence-corrected chi connectivity index (χ2v) is 6.74. The van der Waals surface area contributed by atoms with E-state index >= 15 is 0 Å². The van der Waals surface area contributed by atoms with Gasteiger partial charge in [0.25, 0.3) is 10.0 Å². The van der Waals surface area contributed by atoms with Crippen molar-refractivity contribution in [1.29, 1.82) is 0 Å². The fraction of sp³-hybridized carbons (Fsp3) is 0.692. The molecule has 7 heteroatoms. The van der Waals surface area contributed by atoms with Crippen molar-refractivity contribution in [2.45, 2.75) is 31.9 Å². The number of sulfonamides is 1. The zero-order valence-electron chi connectivity index (χ0n) is 12.3. The minimum atomic E-state index is -3.49. The van der Waals surface area contributed by atoms with Gasteiger partial charge < -0.3 is 14.5 Å². The number of nitrogens with one attached hydrogen (secondary N) is 2. The van der Waals surface area contributed by atoms with Gasteiger partial charge in [-0.15, -0.1) is 0 Å². The molecule has 1 rings (SSSR count). The third-order valence-corrected chi connectivity index (χ3v) is 3.85. The van der Waals surface area contributed by atoms with Gasteiger partial charge in [-0.2, -0.15) is 0 Å². The van der Waals surface area contributed by atoms with Crippen LogP contribution in [0.15, 0.2) is 21.6 Å². The Bertz CT molecular complexity index is 482. The standard InChI is InChI=1S/C13H24N2O4S/c1-11(2)10-18-8-4-7-15-9-12-5-6-13(19-12)20(16,17)14-3/h5-6,11,14-15H,4,7-10H2,1-3H3. The molecule has 1 aromatic rings. The van der Waals surface area contributed by atoms with Crippen molar-refractivity contribution in [2.24, 2.45) is 5.92 Å². The predicted octanol–water partition coefficient (Wildman–Crippen LogP) is 1.34. The Kier molecular flexibility index (Phi) is 7.22. The highest BCUT2D eigenvalue weighted by Gasteiger charge is 2.15. The lowest BCUT2D eigenvalue weighted by Crippen LogP contribution is -2.18. The van der Waals surface area contributed by atoms with Crippen molar-refractivity contribution >= 4 is 10.0 Å². The Labute approximate surface area is 120 Å². The number of rotatable bonds is 10. The van der Waals surface area contributed by atoms with Crippen LogP contribution in [-0.4, -0.2) is 35.2 Å². The maximum Gasteiger partial charge on any atom is 0.273 e. The van der Waals surface area contributed by atoms with E-state index in [1.165, 1.54) is 13.1 Å². The van der Waals surface area contributed by atoms with Crippen LogP contribution in [0, 0.1) is 5.92 Å². The number of ether oxygens (including phenoxy) is 1. The van der Waals surface area contributed by atoms with Gasteiger partial charge in [0.05, 0.1) is 6.54 Å². The summed E-state index contributed by atoms with van der Waals surface area (Å²) in [6, 6.07) is 3.11. The molecule has 0 fully saturated rings. The molecule has 2 N–H and O–H groups in total. The summed E-state index contributed by atoms with van der Waals surface area (Å²) < 4.78 is 35.9. The van der Waals surface area contributed by atoms with Crippen LogP contribution in [0.25, 0.3) is 0 Å². The van der Waals surface area contributed by atoms with Crippen LogP contribution in [0.1, 0.15) is 26.0 Å². The summed E-state index contributed by atoms with van der Waals surface area (Å²) in [4.78, 5) is 0. The molecule has 20 heavy (non-hydrogen) atoms. The molecule has 0 radical (unpaired) electrons. The van der Waals surface area contributed by atoms with Gasteiger partial charge in [-0.3, -0.25) is 0 Å². The fourth-order valence-electron chi connectivity index (χ4n) is 1.53. The quantitative estimate of drug-likeness (QED) is 0.638. The first-order valence-electron chi connectivity index (χ1n) is 6.76. The van der Waals surface area contributed by atoms with Gasteiger partial charge in [-0.25, -0.2) is 13.1 Å². The van der Waals surface area contributed by atoms with Gasteiger partial charge in [0.2, 0.25) is 5.09 Å². The first-order chi connectivity index (χ1) is 9.45. The molecule has 0 unspecified atom stereocenters. The van der Waals surface area contributed by atoms with Gasteiger partial charge in [-0.05, 0) is 38.1 Å². The van der Waals surface area contributed by atoms with Gasteiger partial charge in [0.1, 0.15) is 5.76 Å². The summed E-state index contributed by atoms with van der Waals surface area (Å²) in [5.74, 6) is 1.15. The summed E-state index contributed by atoms with van der Waals surface area (Å²) in [5.41, 5.74) is 0. The van der Waals surface area contributed by atoms with Crippen molar-refractivity contribution < 1.29 is 17.6 Å². The maximum atomic E-state index is 11.5. The monoisotopic (exact) mass is 304 g/mol. The largest absolute Gasteiger partial charge is 0.447 e. The summed E-state index contributed by atoms with van der Waals surface area (Å²) >= 11 is 0. The van der Waals surface area contributed by atoms with Gasteiger partial charge in [0, 0.05) is 13.2 Å². The first kappa shape index (κ1) is 17.2. The number of hydrogen-bond donors (Lipinski definition) is 2. The fourth-order valence-corrected chi connectivity index (χ4v) is 2.19. The Morgan fingerprint density at radius 2 is 2.10 bits per heavy atom. The second kappa shape index (κ2) is 8.41. The van der Waals surface area contributed by atoms with Crippen LogP contribution in [-0.2, 0) is 21.3 Å². The normalized spacial score (nSPS) is 12.2. The number of hydrogen-bond acceptors (Lipinski definition) is 5. The van der Waals surface area contributed by atoms with E-state index in [1.807, 2.05) is 0 Å². The van der Waals surface area contributed by atoms with E-state index in [4.69, 9.17) is 9.15 Å². The average molecular weight is 304 g/mol. The van der Waals surface area contributed by atoms with Crippen molar-refractivity contribution in [3.8, 4) is 0 Å². The molecule has 0 aliphatic rings. The van der Waals surface area contributed by atoms with Gasteiger partial charge in [0.15, 0.2) is 0 Å². The number of furan rings is 1. The molecule has 1 heterocycles. The van der Waals surface area contributed by atoms with Crippen molar-refractivity contribution in [1.82, 2.24) is 10.0 Å². The molecule has 0 aliphatic heterocycles. The van der Waals surface area contributed by atoms with Gasteiger partial charge >= 0.3 is 0 Å². The summed E-state index contributed by atoms with van der Waals surface area (Å²) in [7, 11) is -2.14. The molecule has 0 spiro atoms. The first-order valence-corrected chi connectivity index (χ1v) is 8.24. The average Bonchev–Trinajstić information content (AvgIpc) is 2.87. The van der Waals surface area contributed by atoms with E-state index in [0.29, 0.717) is 18.2 Å². The Balaban J connectivity index is 2.20. The molecule has 0 bridgehead atoms. The van der Waals surface area contributed by atoms with E-state index in [2.05, 4.69) is 23.9 Å². The molecule has 0 saturated carbocycles. The molecule has 1 aromatic heterocycles. The minimum absolute atomic E-state index is 0.0583. The predicted molar refractivity (Wildman–Crippen MR) is 76.9 cm³/mol. The smallest absolute Gasteiger partial charge is 0.273 e. The van der Waals surface area contributed by atoms with Crippen molar-refractivity contribution in [2.75, 3.05) is 26.8 Å². The van der Waals surface area contributed by atoms with E-state index in [0.717, 1.165) is 26.2 Å². The van der Waals surface area contributed by atoms with E-state index in [-0.39, 0.29) is 5.09 Å². The highest BCUT2D eigenvalue weighted by atomic mass is 32.2. The highest BCUT2D eigenvalue weighted by molar-refractivity contribution is 7.89. The Morgan fingerprint density at radius 1 is 1.35 bits per heavy atom. The van der Waals surface area contributed by atoms with E-state index < -0.39 is 10.0 Å². The van der Waals surface area contributed by atoms with Crippen molar-refractivity contribution in [3.05, 3.63) is 17.9 Å². The molecule has 116 valence electrons. The lowest BCUT2D eigenvalue weighted by Gasteiger charge is -2.07. The molecular formula is C13H24N2O4S. The lowest BCUT2D eigenvalue weighted by molar-refractivity contribution is 0.108. The Morgan fingerprint density at radius 3 is 2.75 bits per heavy atom. The SMILES string of the molecule is CNS(=O)(=O)c1ccc(CNCCCOCC(C)C)o1. The maximum absolute atomic E-state index is 11.5. The molecule has 6 nitrogen and oxygen atoms in total. The van der Waals surface area contributed by atoms with Crippen molar-refractivity contribution in [3.63, 3.8) is 0 Å². The third-order valence-electron chi connectivity index (χ3n) is 2.56. The van der Waals surface area contributed by atoms with Crippen LogP contribution >= 0.6 is 0 Å². The molecule has 0 aliphatic carbocycles. The van der Waals surface area contributed by atoms with Crippen LogP contribution in [0.3, 0.4) is 0 Å². The van der Waals surface area contributed by atoms with Crippen LogP contribution < -0.4 is 10.0 Å². The van der Waals surface area contributed by atoms with Gasteiger partial charge in [-0.1, -0.05) is 13.8 Å². The lowest BCUT2D eigenvalue weighted by atomic mass is 10.2. The molecule has 0 aromatic carbocycles. The Hall–Kier alpha value is -0.890. The van der Waals surface area contributed by atoms with E-state index in [9.17, 15) is 8.42 Å². The topological polar surface area (TPSA) is 80.6 Å². The van der Waals surface area contributed by atoms with E-state index in [1.54, 1.807) is 6.07 Å². The zero-order valence-corrected chi connectivity index (χ0v) is 13.1. The van der Waals surface area contributed by atoms with Crippen LogP contribution in [0.2, 0.25) is 0 Å².